The maximum absolute atomic E-state index is 14.0. The van der Waals surface area contributed by atoms with E-state index in [0.29, 0.717) is 19.6 Å². The molecule has 1 heterocycles. The summed E-state index contributed by atoms with van der Waals surface area (Å²) >= 11 is 0. The summed E-state index contributed by atoms with van der Waals surface area (Å²) in [5.41, 5.74) is 6.04. The number of benzene rings is 1. The second kappa shape index (κ2) is 5.96. The van der Waals surface area contributed by atoms with Gasteiger partial charge >= 0.3 is 5.97 Å². The molecule has 1 atom stereocenters. The van der Waals surface area contributed by atoms with Crippen LogP contribution in [0.15, 0.2) is 6.07 Å². The number of rotatable bonds is 4. The molecule has 3 N–H and O–H groups in total. The number of fused-ring (bicyclic) bond motifs is 1. The quantitative estimate of drug-likeness (QED) is 0.870. The fraction of sp³-hybridized carbons (Fsp3) is 0.462. The third-order valence-corrected chi connectivity index (χ3v) is 2.95. The lowest BCUT2D eigenvalue weighted by Crippen LogP contribution is -2.18. The molecular formula is C13H16FNO5. The zero-order valence-electron chi connectivity index (χ0n) is 11.0. The maximum atomic E-state index is 14.0. The lowest BCUT2D eigenvalue weighted by atomic mass is 10.0. The Bertz CT molecular complexity index is 520. The molecule has 1 aliphatic heterocycles. The van der Waals surface area contributed by atoms with Crippen molar-refractivity contribution in [2.75, 3.05) is 20.3 Å². The second-order valence-corrected chi connectivity index (χ2v) is 4.39. The molecule has 110 valence electrons. The van der Waals surface area contributed by atoms with Crippen molar-refractivity contribution in [3.8, 4) is 17.2 Å². The van der Waals surface area contributed by atoms with Crippen molar-refractivity contribution in [1.82, 2.24) is 0 Å². The molecule has 0 radical (unpaired) electrons. The van der Waals surface area contributed by atoms with Crippen LogP contribution >= 0.6 is 0 Å². The van der Waals surface area contributed by atoms with Crippen LogP contribution in [0, 0.1) is 5.82 Å². The number of hydrogen-bond acceptors (Lipinski definition) is 5. The summed E-state index contributed by atoms with van der Waals surface area (Å²) in [5, 5.41) is 8.85. The normalized spacial score (nSPS) is 15.3. The lowest BCUT2D eigenvalue weighted by molar-refractivity contribution is -0.137. The van der Waals surface area contributed by atoms with Crippen LogP contribution in [-0.2, 0) is 4.79 Å². The van der Waals surface area contributed by atoms with E-state index in [1.807, 2.05) is 0 Å². The molecule has 0 saturated heterocycles. The molecule has 0 fully saturated rings. The molecule has 0 spiro atoms. The van der Waals surface area contributed by atoms with Crippen LogP contribution < -0.4 is 19.9 Å². The van der Waals surface area contributed by atoms with Gasteiger partial charge in [-0.1, -0.05) is 0 Å². The first-order valence-electron chi connectivity index (χ1n) is 6.18. The van der Waals surface area contributed by atoms with Crippen molar-refractivity contribution in [2.24, 2.45) is 5.73 Å². The van der Waals surface area contributed by atoms with Gasteiger partial charge < -0.3 is 25.1 Å². The fourth-order valence-electron chi connectivity index (χ4n) is 2.12. The summed E-state index contributed by atoms with van der Waals surface area (Å²) < 4.78 is 29.9. The van der Waals surface area contributed by atoms with Crippen molar-refractivity contribution in [2.45, 2.75) is 18.9 Å². The number of methoxy groups -OCH3 is 1. The van der Waals surface area contributed by atoms with Crippen molar-refractivity contribution < 1.29 is 28.5 Å². The van der Waals surface area contributed by atoms with E-state index < -0.39 is 17.8 Å². The molecule has 6 nitrogen and oxygen atoms in total. The average molecular weight is 285 g/mol. The Morgan fingerprint density at radius 3 is 2.90 bits per heavy atom. The summed E-state index contributed by atoms with van der Waals surface area (Å²) in [4.78, 5) is 10.8. The first-order valence-corrected chi connectivity index (χ1v) is 6.18. The van der Waals surface area contributed by atoms with E-state index in [0.717, 1.165) is 6.07 Å². The monoisotopic (exact) mass is 285 g/mol. The zero-order chi connectivity index (χ0) is 14.7. The Balaban J connectivity index is 2.55. The molecule has 0 aliphatic carbocycles. The van der Waals surface area contributed by atoms with Crippen molar-refractivity contribution in [3.63, 3.8) is 0 Å². The summed E-state index contributed by atoms with van der Waals surface area (Å²) in [6, 6.07) is 0.213. The molecule has 2 rings (SSSR count). The average Bonchev–Trinajstić information content (AvgIpc) is 2.61. The van der Waals surface area contributed by atoms with Gasteiger partial charge in [0.2, 0.25) is 0 Å². The predicted molar refractivity (Wildman–Crippen MR) is 67.7 cm³/mol. The van der Waals surface area contributed by atoms with Crippen molar-refractivity contribution in [3.05, 3.63) is 17.4 Å². The van der Waals surface area contributed by atoms with E-state index in [-0.39, 0.29) is 29.2 Å². The minimum absolute atomic E-state index is 0.108. The largest absolute Gasteiger partial charge is 0.493 e. The van der Waals surface area contributed by atoms with Crippen LogP contribution in [0.2, 0.25) is 0 Å². The van der Waals surface area contributed by atoms with Crippen molar-refractivity contribution >= 4 is 5.97 Å². The van der Waals surface area contributed by atoms with Crippen LogP contribution in [0.5, 0.6) is 17.2 Å². The number of aliphatic carboxylic acids is 1. The molecule has 0 aromatic heterocycles. The van der Waals surface area contributed by atoms with Gasteiger partial charge in [-0.05, 0) is 0 Å². The molecule has 1 aromatic carbocycles. The molecule has 0 saturated carbocycles. The molecule has 0 bridgehead atoms. The van der Waals surface area contributed by atoms with E-state index >= 15 is 0 Å². The number of nitrogens with two attached hydrogens (primary N) is 1. The maximum Gasteiger partial charge on any atom is 0.305 e. The Hall–Kier alpha value is -2.02. The van der Waals surface area contributed by atoms with E-state index in [9.17, 15) is 9.18 Å². The number of carbonyl (C=O) groups is 1. The van der Waals surface area contributed by atoms with Gasteiger partial charge in [0.25, 0.3) is 0 Å². The molecule has 7 heteroatoms. The SMILES string of the molecule is COc1c(F)cc2c(c1C(N)CC(=O)O)OCCCO2. The first kappa shape index (κ1) is 14.4. The van der Waals surface area contributed by atoms with Crippen LogP contribution in [0.25, 0.3) is 0 Å². The first-order chi connectivity index (χ1) is 9.54. The Morgan fingerprint density at radius 1 is 1.55 bits per heavy atom. The van der Waals surface area contributed by atoms with Crippen LogP contribution in [-0.4, -0.2) is 31.4 Å². The number of ether oxygens (including phenoxy) is 3. The lowest BCUT2D eigenvalue weighted by Gasteiger charge is -2.20. The minimum Gasteiger partial charge on any atom is -0.493 e. The number of halogens is 1. The molecule has 1 aliphatic rings. The van der Waals surface area contributed by atoms with E-state index in [4.69, 9.17) is 25.1 Å². The summed E-state index contributed by atoms with van der Waals surface area (Å²) in [6.45, 7) is 0.779. The molecular weight excluding hydrogens is 269 g/mol. The Kier molecular flexibility index (Phi) is 4.29. The highest BCUT2D eigenvalue weighted by molar-refractivity contribution is 5.69. The van der Waals surface area contributed by atoms with Crippen molar-refractivity contribution in [1.29, 1.82) is 0 Å². The fourth-order valence-corrected chi connectivity index (χ4v) is 2.12. The molecule has 20 heavy (non-hydrogen) atoms. The standard InChI is InChI=1S/C13H16FNO5/c1-18-12-7(14)5-9-13(20-4-2-3-19-9)11(12)8(15)6-10(16)17/h5,8H,2-4,6,15H2,1H3,(H,16,17). The number of carboxylic acid groups (broad SMARTS) is 1. The summed E-state index contributed by atoms with van der Waals surface area (Å²) in [7, 11) is 1.29. The highest BCUT2D eigenvalue weighted by Crippen LogP contribution is 2.44. The molecule has 1 aromatic rings. The van der Waals surface area contributed by atoms with Gasteiger partial charge in [0.1, 0.15) is 0 Å². The number of carboxylic acids is 1. The smallest absolute Gasteiger partial charge is 0.305 e. The minimum atomic E-state index is -1.09. The second-order valence-electron chi connectivity index (χ2n) is 4.39. The van der Waals surface area contributed by atoms with Crippen LogP contribution in [0.1, 0.15) is 24.4 Å². The topological polar surface area (TPSA) is 91.0 Å². The van der Waals surface area contributed by atoms with E-state index in [2.05, 4.69) is 0 Å². The van der Waals surface area contributed by atoms with Gasteiger partial charge in [0.15, 0.2) is 23.1 Å². The van der Waals surface area contributed by atoms with Gasteiger partial charge in [-0.25, -0.2) is 4.39 Å². The Morgan fingerprint density at radius 2 is 2.25 bits per heavy atom. The highest BCUT2D eigenvalue weighted by atomic mass is 19.1. The van der Waals surface area contributed by atoms with E-state index in [1.54, 1.807) is 0 Å². The van der Waals surface area contributed by atoms with Gasteiger partial charge in [-0.15, -0.1) is 0 Å². The van der Waals surface area contributed by atoms with Gasteiger partial charge in [-0.3, -0.25) is 4.79 Å². The van der Waals surface area contributed by atoms with Crippen LogP contribution in [0.3, 0.4) is 0 Å². The van der Waals surface area contributed by atoms with E-state index in [1.165, 1.54) is 7.11 Å². The Labute approximate surface area is 115 Å². The molecule has 0 amide bonds. The van der Waals surface area contributed by atoms with Gasteiger partial charge in [-0.2, -0.15) is 0 Å². The highest BCUT2D eigenvalue weighted by Gasteiger charge is 2.28. The summed E-state index contributed by atoms with van der Waals surface area (Å²) in [6.07, 6.45) is 0.280. The van der Waals surface area contributed by atoms with Gasteiger partial charge in [0, 0.05) is 18.5 Å². The predicted octanol–water partition coefficient (Wildman–Crippen LogP) is 1.47. The molecule has 1 unspecified atom stereocenters. The van der Waals surface area contributed by atoms with Gasteiger partial charge in [0.05, 0.1) is 32.3 Å². The van der Waals surface area contributed by atoms with Crippen LogP contribution in [0.4, 0.5) is 4.39 Å². The third-order valence-electron chi connectivity index (χ3n) is 2.95. The number of hydrogen-bond donors (Lipinski definition) is 2. The third kappa shape index (κ3) is 2.77. The zero-order valence-corrected chi connectivity index (χ0v) is 11.0. The summed E-state index contributed by atoms with van der Waals surface area (Å²) in [5.74, 6) is -1.38.